The summed E-state index contributed by atoms with van der Waals surface area (Å²) >= 11 is 0. The fourth-order valence-electron chi connectivity index (χ4n) is 3.03. The highest BCUT2D eigenvalue weighted by atomic mass is 32.2. The number of carbonyl (C=O) groups is 1. The summed E-state index contributed by atoms with van der Waals surface area (Å²) in [6.07, 6.45) is -4.04. The molecule has 0 bridgehead atoms. The van der Waals surface area contributed by atoms with Crippen LogP contribution in [0.15, 0.2) is 29.2 Å². The van der Waals surface area contributed by atoms with E-state index < -0.39 is 26.7 Å². The van der Waals surface area contributed by atoms with Crippen LogP contribution in [-0.4, -0.2) is 50.2 Å². The molecule has 2 heterocycles. The first-order valence-corrected chi connectivity index (χ1v) is 7.98. The zero-order valence-corrected chi connectivity index (χ0v) is 12.2. The highest BCUT2D eigenvalue weighted by molar-refractivity contribution is 7.89. The summed E-state index contributed by atoms with van der Waals surface area (Å²) in [5.41, 5.74) is -1.44. The molecule has 5 nitrogen and oxygen atoms in total. The molecule has 0 saturated carbocycles. The SMILES string of the molecule is O=CN1CC2(C1)CN(S(=O)(=O)c1ccccc1C(F)(F)F)C2. The van der Waals surface area contributed by atoms with Crippen molar-refractivity contribution in [2.24, 2.45) is 5.41 Å². The van der Waals surface area contributed by atoms with Gasteiger partial charge in [-0.1, -0.05) is 12.1 Å². The molecule has 0 aromatic heterocycles. The highest BCUT2D eigenvalue weighted by Crippen LogP contribution is 2.43. The van der Waals surface area contributed by atoms with Gasteiger partial charge in [0.2, 0.25) is 16.4 Å². The van der Waals surface area contributed by atoms with Crippen molar-refractivity contribution in [3.8, 4) is 0 Å². The smallest absolute Gasteiger partial charge is 0.344 e. The first-order chi connectivity index (χ1) is 10.2. The summed E-state index contributed by atoms with van der Waals surface area (Å²) in [5, 5.41) is 0. The van der Waals surface area contributed by atoms with E-state index in [1.807, 2.05) is 0 Å². The second kappa shape index (κ2) is 4.69. The van der Waals surface area contributed by atoms with Crippen LogP contribution in [0.2, 0.25) is 0 Å². The maximum Gasteiger partial charge on any atom is 0.417 e. The Morgan fingerprint density at radius 1 is 1.09 bits per heavy atom. The summed E-state index contributed by atoms with van der Waals surface area (Å²) in [6.45, 7) is 1.19. The lowest BCUT2D eigenvalue weighted by Gasteiger charge is -2.58. The number of likely N-dealkylation sites (tertiary alicyclic amines) is 1. The van der Waals surface area contributed by atoms with Gasteiger partial charge in [-0.2, -0.15) is 17.5 Å². The van der Waals surface area contributed by atoms with Crippen molar-refractivity contribution < 1.29 is 26.4 Å². The van der Waals surface area contributed by atoms with E-state index in [0.717, 1.165) is 22.5 Å². The lowest BCUT2D eigenvalue weighted by Crippen LogP contribution is -2.72. The van der Waals surface area contributed by atoms with Crippen LogP contribution in [0.3, 0.4) is 0 Å². The molecule has 1 aromatic rings. The minimum Gasteiger partial charge on any atom is -0.344 e. The molecule has 2 aliphatic rings. The van der Waals surface area contributed by atoms with E-state index in [9.17, 15) is 26.4 Å². The van der Waals surface area contributed by atoms with Crippen LogP contribution in [-0.2, 0) is 21.0 Å². The largest absolute Gasteiger partial charge is 0.417 e. The Morgan fingerprint density at radius 3 is 2.23 bits per heavy atom. The molecule has 1 spiro atoms. The summed E-state index contributed by atoms with van der Waals surface area (Å²) in [5.74, 6) is 0. The standard InChI is InChI=1S/C13H13F3N2O3S/c14-13(15,16)10-3-1-2-4-11(10)22(20,21)18-7-12(8-18)5-17(6-12)9-19/h1-4,9H,5-8H2. The molecule has 2 aliphatic heterocycles. The van der Waals surface area contributed by atoms with Gasteiger partial charge in [0.1, 0.15) is 0 Å². The van der Waals surface area contributed by atoms with Gasteiger partial charge >= 0.3 is 6.18 Å². The number of hydrogen-bond acceptors (Lipinski definition) is 3. The van der Waals surface area contributed by atoms with Crippen LogP contribution in [0.4, 0.5) is 13.2 Å². The van der Waals surface area contributed by atoms with Crippen molar-refractivity contribution in [2.75, 3.05) is 26.2 Å². The number of carbonyl (C=O) groups excluding carboxylic acids is 1. The molecule has 22 heavy (non-hydrogen) atoms. The number of hydrogen-bond donors (Lipinski definition) is 0. The van der Waals surface area contributed by atoms with Gasteiger partial charge < -0.3 is 4.90 Å². The third kappa shape index (κ3) is 2.28. The topological polar surface area (TPSA) is 57.7 Å². The average molecular weight is 334 g/mol. The fraction of sp³-hybridized carbons (Fsp3) is 0.462. The highest BCUT2D eigenvalue weighted by Gasteiger charge is 2.55. The van der Waals surface area contributed by atoms with Crippen LogP contribution in [0.1, 0.15) is 5.56 Å². The van der Waals surface area contributed by atoms with Gasteiger partial charge in [-0.3, -0.25) is 4.79 Å². The zero-order valence-electron chi connectivity index (χ0n) is 11.4. The lowest BCUT2D eigenvalue weighted by molar-refractivity contribution is -0.141. The maximum absolute atomic E-state index is 13.0. The molecule has 3 rings (SSSR count). The van der Waals surface area contributed by atoms with Crippen LogP contribution in [0.5, 0.6) is 0 Å². The molecule has 0 aliphatic carbocycles. The predicted octanol–water partition coefficient (Wildman–Crippen LogP) is 1.17. The number of nitrogens with zero attached hydrogens (tertiary/aromatic N) is 2. The number of amides is 1. The van der Waals surface area contributed by atoms with E-state index in [0.29, 0.717) is 19.5 Å². The van der Waals surface area contributed by atoms with Crippen LogP contribution in [0.25, 0.3) is 0 Å². The third-order valence-corrected chi connectivity index (χ3v) is 5.91. The molecule has 2 fully saturated rings. The van der Waals surface area contributed by atoms with Gasteiger partial charge in [0.15, 0.2) is 0 Å². The molecule has 1 amide bonds. The number of halogens is 3. The van der Waals surface area contributed by atoms with Gasteiger partial charge in [0, 0.05) is 31.6 Å². The average Bonchev–Trinajstić information content (AvgIpc) is 2.34. The Morgan fingerprint density at radius 2 is 1.68 bits per heavy atom. The molecule has 2 saturated heterocycles. The number of sulfonamides is 1. The summed E-state index contributed by atoms with van der Waals surface area (Å²) in [7, 11) is -4.18. The molecule has 0 radical (unpaired) electrons. The molecule has 120 valence electrons. The quantitative estimate of drug-likeness (QED) is 0.780. The fourth-order valence-corrected chi connectivity index (χ4v) is 4.90. The van der Waals surface area contributed by atoms with Crippen molar-refractivity contribution in [3.63, 3.8) is 0 Å². The van der Waals surface area contributed by atoms with E-state index in [1.165, 1.54) is 11.0 Å². The second-order valence-corrected chi connectivity index (χ2v) is 7.68. The van der Waals surface area contributed by atoms with Gasteiger partial charge in [0.25, 0.3) is 0 Å². The van der Waals surface area contributed by atoms with Crippen LogP contribution < -0.4 is 0 Å². The van der Waals surface area contributed by atoms with Gasteiger partial charge in [0.05, 0.1) is 10.5 Å². The molecule has 9 heteroatoms. The lowest BCUT2D eigenvalue weighted by atomic mass is 9.75. The number of rotatable bonds is 3. The van der Waals surface area contributed by atoms with Crippen molar-refractivity contribution >= 4 is 16.4 Å². The minimum absolute atomic E-state index is 0.145. The molecule has 1 aromatic carbocycles. The van der Waals surface area contributed by atoms with Crippen molar-refractivity contribution in [1.82, 2.24) is 9.21 Å². The van der Waals surface area contributed by atoms with E-state index in [-0.39, 0.29) is 18.5 Å². The second-order valence-electron chi connectivity index (χ2n) is 5.78. The Hall–Kier alpha value is -1.61. The number of alkyl halides is 3. The van der Waals surface area contributed by atoms with E-state index in [4.69, 9.17) is 0 Å². The summed E-state index contributed by atoms with van der Waals surface area (Å²) in [6, 6.07) is 4.17. The van der Waals surface area contributed by atoms with Gasteiger partial charge in [-0.15, -0.1) is 0 Å². The molecule has 0 unspecified atom stereocenters. The van der Waals surface area contributed by atoms with E-state index in [1.54, 1.807) is 0 Å². The molecular weight excluding hydrogens is 321 g/mol. The molecule has 0 atom stereocenters. The Kier molecular flexibility index (Phi) is 3.26. The number of benzene rings is 1. The minimum atomic E-state index is -4.73. The van der Waals surface area contributed by atoms with Crippen LogP contribution >= 0.6 is 0 Å². The Labute approximate surface area is 125 Å². The van der Waals surface area contributed by atoms with E-state index >= 15 is 0 Å². The van der Waals surface area contributed by atoms with Crippen molar-refractivity contribution in [2.45, 2.75) is 11.1 Å². The Balaban J connectivity index is 1.83. The normalized spacial score (nSPS) is 21.3. The Bertz CT molecular complexity index is 703. The van der Waals surface area contributed by atoms with Gasteiger partial charge in [-0.25, -0.2) is 8.42 Å². The zero-order chi connectivity index (χ0) is 16.2. The molecule has 0 N–H and O–H groups in total. The van der Waals surface area contributed by atoms with Crippen molar-refractivity contribution in [1.29, 1.82) is 0 Å². The molecular formula is C13H13F3N2O3S. The summed E-state index contributed by atoms with van der Waals surface area (Å²) < 4.78 is 64.7. The summed E-state index contributed by atoms with van der Waals surface area (Å²) in [4.78, 5) is 11.3. The third-order valence-electron chi connectivity index (χ3n) is 4.06. The predicted molar refractivity (Wildman–Crippen MR) is 70.3 cm³/mol. The monoisotopic (exact) mass is 334 g/mol. The first-order valence-electron chi connectivity index (χ1n) is 6.54. The van der Waals surface area contributed by atoms with Crippen LogP contribution in [0, 0.1) is 5.41 Å². The van der Waals surface area contributed by atoms with Crippen molar-refractivity contribution in [3.05, 3.63) is 29.8 Å². The van der Waals surface area contributed by atoms with Gasteiger partial charge in [-0.05, 0) is 12.1 Å². The maximum atomic E-state index is 13.0. The first kappa shape index (κ1) is 15.3. The van der Waals surface area contributed by atoms with E-state index in [2.05, 4.69) is 0 Å².